The molecule has 0 aliphatic carbocycles. The number of nitrogens with zero attached hydrogens (tertiary/aromatic N) is 5. The van der Waals surface area contributed by atoms with Crippen molar-refractivity contribution in [1.82, 2.24) is 25.1 Å². The first kappa shape index (κ1) is 13.4. The number of nitrogens with two attached hydrogens (primary N) is 1. The number of aromatic nitrogens is 5. The second kappa shape index (κ2) is 5.84. The maximum absolute atomic E-state index is 5.47. The highest BCUT2D eigenvalue weighted by molar-refractivity contribution is 5.43. The molecule has 3 aromatic rings. The van der Waals surface area contributed by atoms with Crippen molar-refractivity contribution in [3.8, 4) is 11.6 Å². The standard InChI is InChI=1S/C14H16N6O/c1-10-2-4-11(5-3-10)8-13-16-14(21-18-13)12-9-20(7-6-15)19-17-12/h2-5,9H,6-8,15H2,1H3. The van der Waals surface area contributed by atoms with Crippen LogP contribution in [0.15, 0.2) is 35.0 Å². The molecular weight excluding hydrogens is 268 g/mol. The van der Waals surface area contributed by atoms with E-state index in [-0.39, 0.29) is 0 Å². The zero-order valence-corrected chi connectivity index (χ0v) is 11.7. The fourth-order valence-corrected chi connectivity index (χ4v) is 1.96. The zero-order chi connectivity index (χ0) is 14.7. The Bertz CT molecular complexity index is 715. The van der Waals surface area contributed by atoms with Crippen molar-refractivity contribution in [3.63, 3.8) is 0 Å². The molecule has 0 aliphatic rings. The van der Waals surface area contributed by atoms with Crippen LogP contribution in [0.2, 0.25) is 0 Å². The van der Waals surface area contributed by atoms with Crippen molar-refractivity contribution in [2.24, 2.45) is 5.73 Å². The average molecular weight is 284 g/mol. The Morgan fingerprint density at radius 2 is 2.05 bits per heavy atom. The fourth-order valence-electron chi connectivity index (χ4n) is 1.96. The molecule has 0 aliphatic heterocycles. The van der Waals surface area contributed by atoms with Gasteiger partial charge in [-0.3, -0.25) is 4.68 Å². The Morgan fingerprint density at radius 1 is 1.24 bits per heavy atom. The molecule has 2 heterocycles. The van der Waals surface area contributed by atoms with Gasteiger partial charge in [0.25, 0.3) is 5.89 Å². The zero-order valence-electron chi connectivity index (χ0n) is 11.7. The lowest BCUT2D eigenvalue weighted by Gasteiger charge is -1.96. The molecule has 7 nitrogen and oxygen atoms in total. The van der Waals surface area contributed by atoms with E-state index in [1.807, 2.05) is 0 Å². The molecule has 2 aromatic heterocycles. The third-order valence-electron chi connectivity index (χ3n) is 3.07. The van der Waals surface area contributed by atoms with Crippen molar-refractivity contribution in [1.29, 1.82) is 0 Å². The molecular formula is C14H16N6O. The molecule has 0 fully saturated rings. The van der Waals surface area contributed by atoms with Crippen LogP contribution in [-0.4, -0.2) is 31.7 Å². The molecule has 0 unspecified atom stereocenters. The first-order valence-electron chi connectivity index (χ1n) is 6.73. The van der Waals surface area contributed by atoms with Crippen LogP contribution in [0, 0.1) is 6.92 Å². The molecule has 0 radical (unpaired) electrons. The normalized spacial score (nSPS) is 11.0. The SMILES string of the molecule is Cc1ccc(Cc2noc(-c3cn(CCN)nn3)n2)cc1. The molecule has 21 heavy (non-hydrogen) atoms. The van der Waals surface area contributed by atoms with E-state index in [4.69, 9.17) is 10.3 Å². The van der Waals surface area contributed by atoms with Crippen molar-refractivity contribution >= 4 is 0 Å². The number of rotatable bonds is 5. The maximum atomic E-state index is 5.47. The van der Waals surface area contributed by atoms with E-state index in [2.05, 4.69) is 51.6 Å². The van der Waals surface area contributed by atoms with E-state index in [1.54, 1.807) is 10.9 Å². The number of hydrogen-bond acceptors (Lipinski definition) is 6. The molecule has 0 spiro atoms. The molecule has 0 atom stereocenters. The lowest BCUT2D eigenvalue weighted by atomic mass is 10.1. The molecule has 0 amide bonds. The minimum Gasteiger partial charge on any atom is -0.332 e. The molecule has 0 bridgehead atoms. The van der Waals surface area contributed by atoms with Crippen LogP contribution in [0.25, 0.3) is 11.6 Å². The summed E-state index contributed by atoms with van der Waals surface area (Å²) in [6.45, 7) is 3.17. The van der Waals surface area contributed by atoms with Gasteiger partial charge in [0.15, 0.2) is 11.5 Å². The van der Waals surface area contributed by atoms with Gasteiger partial charge in [0.05, 0.1) is 12.7 Å². The lowest BCUT2D eigenvalue weighted by Crippen LogP contribution is -2.10. The molecule has 108 valence electrons. The van der Waals surface area contributed by atoms with Crippen LogP contribution >= 0.6 is 0 Å². The molecule has 1 aromatic carbocycles. The van der Waals surface area contributed by atoms with Crippen LogP contribution in [0.3, 0.4) is 0 Å². The maximum Gasteiger partial charge on any atom is 0.280 e. The Morgan fingerprint density at radius 3 is 2.81 bits per heavy atom. The predicted octanol–water partition coefficient (Wildman–Crippen LogP) is 1.19. The van der Waals surface area contributed by atoms with Crippen molar-refractivity contribution < 1.29 is 4.52 Å². The van der Waals surface area contributed by atoms with E-state index in [9.17, 15) is 0 Å². The van der Waals surface area contributed by atoms with Gasteiger partial charge in [-0.2, -0.15) is 4.98 Å². The van der Waals surface area contributed by atoms with Crippen LogP contribution in [0.4, 0.5) is 0 Å². The highest BCUT2D eigenvalue weighted by Gasteiger charge is 2.12. The van der Waals surface area contributed by atoms with Gasteiger partial charge in [-0.1, -0.05) is 40.2 Å². The summed E-state index contributed by atoms with van der Waals surface area (Å²) in [5.74, 6) is 1.00. The average Bonchev–Trinajstić information content (AvgIpc) is 3.11. The number of aryl methyl sites for hydroxylation is 1. The fraction of sp³-hybridized carbons (Fsp3) is 0.286. The topological polar surface area (TPSA) is 95.7 Å². The largest absolute Gasteiger partial charge is 0.332 e. The molecule has 7 heteroatoms. The summed E-state index contributed by atoms with van der Waals surface area (Å²) in [4.78, 5) is 4.35. The van der Waals surface area contributed by atoms with Gasteiger partial charge in [0, 0.05) is 13.0 Å². The van der Waals surface area contributed by atoms with Gasteiger partial charge in [-0.15, -0.1) is 5.10 Å². The summed E-state index contributed by atoms with van der Waals surface area (Å²) < 4.78 is 6.88. The monoisotopic (exact) mass is 284 g/mol. The van der Waals surface area contributed by atoms with E-state index in [1.165, 1.54) is 5.56 Å². The van der Waals surface area contributed by atoms with Gasteiger partial charge in [0.2, 0.25) is 0 Å². The van der Waals surface area contributed by atoms with E-state index >= 15 is 0 Å². The van der Waals surface area contributed by atoms with Crippen LogP contribution in [-0.2, 0) is 13.0 Å². The quantitative estimate of drug-likeness (QED) is 0.756. The van der Waals surface area contributed by atoms with E-state index in [0.29, 0.717) is 36.9 Å². The summed E-state index contributed by atoms with van der Waals surface area (Å²) in [5.41, 5.74) is 8.39. The van der Waals surface area contributed by atoms with Crippen molar-refractivity contribution in [3.05, 3.63) is 47.4 Å². The number of benzene rings is 1. The van der Waals surface area contributed by atoms with E-state index in [0.717, 1.165) is 5.56 Å². The summed E-state index contributed by atoms with van der Waals surface area (Å²) in [7, 11) is 0. The lowest BCUT2D eigenvalue weighted by molar-refractivity contribution is 0.422. The number of hydrogen-bond donors (Lipinski definition) is 1. The first-order chi connectivity index (χ1) is 10.2. The Balaban J connectivity index is 1.74. The third-order valence-corrected chi connectivity index (χ3v) is 3.07. The molecule has 0 saturated heterocycles. The highest BCUT2D eigenvalue weighted by Crippen LogP contribution is 2.15. The van der Waals surface area contributed by atoms with Gasteiger partial charge in [0.1, 0.15) is 0 Å². The Hall–Kier alpha value is -2.54. The van der Waals surface area contributed by atoms with Crippen molar-refractivity contribution in [2.45, 2.75) is 19.9 Å². The van der Waals surface area contributed by atoms with Gasteiger partial charge in [-0.05, 0) is 12.5 Å². The van der Waals surface area contributed by atoms with E-state index < -0.39 is 0 Å². The molecule has 0 saturated carbocycles. The smallest absolute Gasteiger partial charge is 0.280 e. The van der Waals surface area contributed by atoms with Gasteiger partial charge < -0.3 is 10.3 Å². The predicted molar refractivity (Wildman–Crippen MR) is 76.4 cm³/mol. The Labute approximate surface area is 121 Å². The summed E-state index contributed by atoms with van der Waals surface area (Å²) in [6.07, 6.45) is 2.37. The van der Waals surface area contributed by atoms with Crippen molar-refractivity contribution in [2.75, 3.05) is 6.54 Å². The second-order valence-corrected chi connectivity index (χ2v) is 4.83. The first-order valence-corrected chi connectivity index (χ1v) is 6.73. The molecule has 2 N–H and O–H groups in total. The second-order valence-electron chi connectivity index (χ2n) is 4.83. The van der Waals surface area contributed by atoms with Crippen LogP contribution in [0.5, 0.6) is 0 Å². The summed E-state index contributed by atoms with van der Waals surface area (Å²) >= 11 is 0. The van der Waals surface area contributed by atoms with Crippen LogP contribution < -0.4 is 5.73 Å². The van der Waals surface area contributed by atoms with Gasteiger partial charge in [-0.25, -0.2) is 0 Å². The minimum absolute atomic E-state index is 0.375. The summed E-state index contributed by atoms with van der Waals surface area (Å²) in [5, 5.41) is 11.9. The minimum atomic E-state index is 0.375. The van der Waals surface area contributed by atoms with Gasteiger partial charge >= 0.3 is 0 Å². The summed E-state index contributed by atoms with van der Waals surface area (Å²) in [6, 6.07) is 8.25. The third kappa shape index (κ3) is 3.14. The highest BCUT2D eigenvalue weighted by atomic mass is 16.5. The molecule has 3 rings (SSSR count). The van der Waals surface area contributed by atoms with Crippen LogP contribution in [0.1, 0.15) is 17.0 Å². The Kier molecular flexibility index (Phi) is 3.74.